The third-order valence-electron chi connectivity index (χ3n) is 3.66. The van der Waals surface area contributed by atoms with Gasteiger partial charge in [0.1, 0.15) is 11.6 Å². The minimum Gasteiger partial charge on any atom is -0.405 e. The molecule has 2 rings (SSSR count). The molecule has 0 aliphatic carbocycles. The summed E-state index contributed by atoms with van der Waals surface area (Å²) in [6, 6.07) is 6.69. The van der Waals surface area contributed by atoms with E-state index in [1.165, 1.54) is 35.0 Å². The number of aromatic nitrogens is 2. The van der Waals surface area contributed by atoms with Gasteiger partial charge in [0.15, 0.2) is 0 Å². The van der Waals surface area contributed by atoms with Crippen LogP contribution in [0.25, 0.3) is 10.4 Å². The minimum absolute atomic E-state index is 0.0143. The highest BCUT2D eigenvalue weighted by molar-refractivity contribution is 5.91. The van der Waals surface area contributed by atoms with Crippen molar-refractivity contribution in [3.63, 3.8) is 0 Å². The van der Waals surface area contributed by atoms with Crippen LogP contribution in [0.3, 0.4) is 0 Å². The van der Waals surface area contributed by atoms with E-state index in [1.54, 1.807) is 0 Å². The molecular weight excluding hydrogens is 393 g/mol. The number of aryl methyl sites for hydroxylation is 1. The van der Waals surface area contributed by atoms with Crippen LogP contribution in [0.15, 0.2) is 46.4 Å². The van der Waals surface area contributed by atoms with Crippen molar-refractivity contribution in [3.05, 3.63) is 63.0 Å². The number of alkyl halides is 3. The molecule has 1 aromatic heterocycles. The number of amides is 1. The van der Waals surface area contributed by atoms with Crippen LogP contribution in [-0.2, 0) is 17.8 Å². The second-order valence-corrected chi connectivity index (χ2v) is 5.83. The van der Waals surface area contributed by atoms with Gasteiger partial charge in [0.05, 0.1) is 6.42 Å². The van der Waals surface area contributed by atoms with Crippen molar-refractivity contribution in [1.29, 1.82) is 0 Å². The van der Waals surface area contributed by atoms with Gasteiger partial charge in [-0.15, -0.1) is 13.2 Å². The van der Waals surface area contributed by atoms with Gasteiger partial charge in [-0.3, -0.25) is 9.36 Å². The lowest BCUT2D eigenvalue weighted by Crippen LogP contribution is -2.25. The molecule has 0 aliphatic heterocycles. The van der Waals surface area contributed by atoms with Crippen LogP contribution in [0.2, 0.25) is 0 Å². The summed E-state index contributed by atoms with van der Waals surface area (Å²) in [7, 11) is 0. The minimum atomic E-state index is -4.88. The van der Waals surface area contributed by atoms with E-state index in [1.807, 2.05) is 0 Å². The van der Waals surface area contributed by atoms with E-state index in [2.05, 4.69) is 25.1 Å². The van der Waals surface area contributed by atoms with Crippen molar-refractivity contribution in [2.75, 3.05) is 11.9 Å². The van der Waals surface area contributed by atoms with Crippen molar-refractivity contribution in [2.24, 2.45) is 5.11 Å². The number of unbranched alkanes of at least 4 members (excludes halogenated alkanes) is 1. The summed E-state index contributed by atoms with van der Waals surface area (Å²) in [5, 5.41) is 5.77. The maximum Gasteiger partial charge on any atom is 0.573 e. The molecule has 12 heteroatoms. The van der Waals surface area contributed by atoms with Crippen molar-refractivity contribution in [3.8, 4) is 5.75 Å². The zero-order chi connectivity index (χ0) is 21.3. The van der Waals surface area contributed by atoms with Crippen LogP contribution in [0.5, 0.6) is 5.75 Å². The zero-order valence-corrected chi connectivity index (χ0v) is 15.1. The number of carbonyl (C=O) groups excluding carboxylic acids is 1. The van der Waals surface area contributed by atoms with Gasteiger partial charge in [0.25, 0.3) is 0 Å². The number of hydrogen-bond acceptors (Lipinski definition) is 5. The van der Waals surface area contributed by atoms with Crippen LogP contribution in [0, 0.1) is 0 Å². The number of rotatable bonds is 9. The van der Waals surface area contributed by atoms with E-state index in [0.29, 0.717) is 25.9 Å². The molecule has 154 valence electrons. The Hall–Kier alpha value is -3.53. The monoisotopic (exact) mass is 410 g/mol. The van der Waals surface area contributed by atoms with Gasteiger partial charge in [-0.05, 0) is 30.5 Å². The Bertz CT molecular complexity index is 954. The summed E-state index contributed by atoms with van der Waals surface area (Å²) in [6.45, 7) is 0.690. The summed E-state index contributed by atoms with van der Waals surface area (Å²) in [6.07, 6.45) is -2.62. The number of nitrogens with one attached hydrogen (secondary N) is 1. The first kappa shape index (κ1) is 21.8. The Morgan fingerprint density at radius 2 is 2.03 bits per heavy atom. The van der Waals surface area contributed by atoms with Crippen LogP contribution < -0.4 is 15.7 Å². The predicted octanol–water partition coefficient (Wildman–Crippen LogP) is 3.41. The van der Waals surface area contributed by atoms with Crippen LogP contribution in [-0.4, -0.2) is 28.4 Å². The van der Waals surface area contributed by atoms with Crippen LogP contribution >= 0.6 is 0 Å². The maximum absolute atomic E-state index is 12.4. The molecule has 0 aliphatic rings. The summed E-state index contributed by atoms with van der Waals surface area (Å²) < 4.78 is 42.6. The van der Waals surface area contributed by atoms with Crippen molar-refractivity contribution in [2.45, 2.75) is 32.2 Å². The molecule has 0 unspecified atom stereocenters. The lowest BCUT2D eigenvalue weighted by Gasteiger charge is -2.13. The molecule has 0 saturated heterocycles. The average molecular weight is 410 g/mol. The molecule has 1 N–H and O–H groups in total. The highest BCUT2D eigenvalue weighted by Gasteiger charge is 2.32. The molecule has 9 nitrogen and oxygen atoms in total. The van der Waals surface area contributed by atoms with Gasteiger partial charge in [-0.25, -0.2) is 4.79 Å². The standard InChI is InChI=1S/C17H17F3N6O3/c18-17(19,20)29-13-6-2-1-5-12(13)11-15(27)23-14-7-10-26(16(28)24-14)9-4-3-8-22-25-21/h1-2,5-7,10H,3-4,8-9,11H2,(H,23,24,27,28). The lowest BCUT2D eigenvalue weighted by atomic mass is 10.1. The summed E-state index contributed by atoms with van der Waals surface area (Å²) in [4.78, 5) is 30.5. The lowest BCUT2D eigenvalue weighted by molar-refractivity contribution is -0.274. The quantitative estimate of drug-likeness (QED) is 0.295. The molecule has 0 radical (unpaired) electrons. The molecule has 1 amide bonds. The topological polar surface area (TPSA) is 122 Å². The second kappa shape index (κ2) is 10.1. The summed E-state index contributed by atoms with van der Waals surface area (Å²) in [5.41, 5.74) is 7.64. The Morgan fingerprint density at radius 3 is 2.72 bits per heavy atom. The van der Waals surface area contributed by atoms with E-state index in [0.717, 1.165) is 6.07 Å². The molecule has 1 heterocycles. The Labute approximate surface area is 162 Å². The van der Waals surface area contributed by atoms with Crippen molar-refractivity contribution in [1.82, 2.24) is 9.55 Å². The van der Waals surface area contributed by atoms with Gasteiger partial charge < -0.3 is 10.1 Å². The molecule has 0 atom stereocenters. The third kappa shape index (κ3) is 7.54. The molecule has 1 aromatic carbocycles. The first-order chi connectivity index (χ1) is 13.8. The summed E-state index contributed by atoms with van der Waals surface area (Å²) >= 11 is 0. The molecule has 0 fully saturated rings. The number of hydrogen-bond donors (Lipinski definition) is 1. The number of anilines is 1. The highest BCUT2D eigenvalue weighted by atomic mass is 19.4. The zero-order valence-electron chi connectivity index (χ0n) is 15.1. The van der Waals surface area contributed by atoms with E-state index in [9.17, 15) is 22.8 Å². The number of halogens is 3. The third-order valence-corrected chi connectivity index (χ3v) is 3.66. The largest absolute Gasteiger partial charge is 0.573 e. The van der Waals surface area contributed by atoms with E-state index in [-0.39, 0.29) is 11.4 Å². The Kier molecular flexibility index (Phi) is 7.61. The fourth-order valence-electron chi connectivity index (χ4n) is 2.41. The number of carbonyl (C=O) groups is 1. The second-order valence-electron chi connectivity index (χ2n) is 5.83. The van der Waals surface area contributed by atoms with Gasteiger partial charge in [0, 0.05) is 29.8 Å². The van der Waals surface area contributed by atoms with Crippen molar-refractivity contribution < 1.29 is 22.7 Å². The number of ether oxygens (including phenoxy) is 1. The van der Waals surface area contributed by atoms with Gasteiger partial charge in [0.2, 0.25) is 5.91 Å². The van der Waals surface area contributed by atoms with Crippen molar-refractivity contribution >= 4 is 11.7 Å². The molecule has 2 aromatic rings. The first-order valence-corrected chi connectivity index (χ1v) is 8.50. The van der Waals surface area contributed by atoms with Crippen LogP contribution in [0.1, 0.15) is 18.4 Å². The van der Waals surface area contributed by atoms with E-state index < -0.39 is 30.1 Å². The number of para-hydroxylation sites is 1. The smallest absolute Gasteiger partial charge is 0.405 e. The average Bonchev–Trinajstić information content (AvgIpc) is 2.63. The maximum atomic E-state index is 12.4. The van der Waals surface area contributed by atoms with E-state index >= 15 is 0 Å². The molecule has 0 spiro atoms. The fraction of sp³-hybridized carbons (Fsp3) is 0.353. The molecule has 0 saturated carbocycles. The molecular formula is C17H17F3N6O3. The Morgan fingerprint density at radius 1 is 1.28 bits per heavy atom. The highest BCUT2D eigenvalue weighted by Crippen LogP contribution is 2.26. The molecule has 29 heavy (non-hydrogen) atoms. The normalized spacial score (nSPS) is 10.9. The predicted molar refractivity (Wildman–Crippen MR) is 97.2 cm³/mol. The fourth-order valence-corrected chi connectivity index (χ4v) is 2.41. The van der Waals surface area contributed by atoms with Gasteiger partial charge in [-0.2, -0.15) is 4.98 Å². The van der Waals surface area contributed by atoms with Crippen LogP contribution in [0.4, 0.5) is 19.0 Å². The van der Waals surface area contributed by atoms with Gasteiger partial charge >= 0.3 is 12.1 Å². The molecule has 0 bridgehead atoms. The summed E-state index contributed by atoms with van der Waals surface area (Å²) in [5.74, 6) is -1.14. The SMILES string of the molecule is [N-]=[N+]=NCCCCn1ccc(NC(=O)Cc2ccccc2OC(F)(F)F)nc1=O. The Balaban J connectivity index is 1.97. The first-order valence-electron chi connectivity index (χ1n) is 8.50. The number of benzene rings is 1. The van der Waals surface area contributed by atoms with E-state index in [4.69, 9.17) is 5.53 Å². The number of nitrogens with zero attached hydrogens (tertiary/aromatic N) is 5. The van der Waals surface area contributed by atoms with Gasteiger partial charge in [-0.1, -0.05) is 23.3 Å². The number of azide groups is 1.